The molecule has 1 amide bonds. The molecule has 1 atom stereocenters. The number of carbonyl (C=O) groups is 2. The molecule has 0 heterocycles. The third-order valence-electron chi connectivity index (χ3n) is 3.11. The minimum atomic E-state index is -4.07. The third kappa shape index (κ3) is 6.25. The molecule has 1 aromatic rings. The monoisotopic (exact) mass is 360 g/mol. The van der Waals surface area contributed by atoms with Crippen molar-refractivity contribution in [1.82, 2.24) is 10.0 Å². The fourth-order valence-electron chi connectivity index (χ4n) is 2.00. The van der Waals surface area contributed by atoms with Gasteiger partial charge in [-0.3, -0.25) is 4.79 Å². The lowest BCUT2D eigenvalue weighted by atomic mass is 10.0. The Balaban J connectivity index is 2.56. The summed E-state index contributed by atoms with van der Waals surface area (Å²) in [4.78, 5) is 22.3. The Morgan fingerprint density at radius 3 is 2.42 bits per heavy atom. The number of carboxylic acids is 1. The van der Waals surface area contributed by atoms with E-state index in [-0.39, 0.29) is 25.3 Å². The quantitative estimate of drug-likeness (QED) is 0.611. The average Bonchev–Trinajstić information content (AvgIpc) is 2.46. The Bertz CT molecular complexity index is 691. The standard InChI is InChI=1S/C15H21FN2O5S/c1-10(2)9-12(15(20)21)18-14(19)7-8-17-24(22,23)13-6-4-3-5-11(13)16/h3-6,10,12,17H,7-9H2,1-2H3,(H,18,19)(H,20,21)/t12-/m0/s1. The summed E-state index contributed by atoms with van der Waals surface area (Å²) in [6, 6.07) is 3.85. The van der Waals surface area contributed by atoms with Crippen LogP contribution in [0.5, 0.6) is 0 Å². The zero-order valence-corrected chi connectivity index (χ0v) is 14.3. The SMILES string of the molecule is CC(C)C[C@H](NC(=O)CCNS(=O)(=O)c1ccccc1F)C(=O)O. The molecule has 0 aliphatic heterocycles. The maximum absolute atomic E-state index is 13.5. The van der Waals surface area contributed by atoms with Gasteiger partial charge in [0, 0.05) is 13.0 Å². The van der Waals surface area contributed by atoms with E-state index >= 15 is 0 Å². The van der Waals surface area contributed by atoms with E-state index in [1.165, 1.54) is 12.1 Å². The van der Waals surface area contributed by atoms with Gasteiger partial charge in [0.05, 0.1) is 0 Å². The molecule has 3 N–H and O–H groups in total. The number of nitrogens with one attached hydrogen (secondary N) is 2. The molecular weight excluding hydrogens is 339 g/mol. The Kier molecular flexibility index (Phi) is 7.30. The Hall–Kier alpha value is -2.00. The molecule has 0 aliphatic carbocycles. The zero-order valence-electron chi connectivity index (χ0n) is 13.5. The lowest BCUT2D eigenvalue weighted by Gasteiger charge is -2.16. The molecule has 0 spiro atoms. The predicted molar refractivity (Wildman–Crippen MR) is 85.2 cm³/mol. The first kappa shape index (κ1) is 20.0. The molecule has 9 heteroatoms. The van der Waals surface area contributed by atoms with Gasteiger partial charge in [0.1, 0.15) is 16.8 Å². The minimum absolute atomic E-state index is 0.0750. The first-order valence-electron chi connectivity index (χ1n) is 7.40. The molecule has 134 valence electrons. The van der Waals surface area contributed by atoms with E-state index in [9.17, 15) is 22.4 Å². The van der Waals surface area contributed by atoms with Crippen LogP contribution in [0.4, 0.5) is 4.39 Å². The van der Waals surface area contributed by atoms with Crippen LogP contribution in [-0.4, -0.2) is 38.0 Å². The van der Waals surface area contributed by atoms with E-state index in [4.69, 9.17) is 5.11 Å². The zero-order chi connectivity index (χ0) is 18.3. The average molecular weight is 360 g/mol. The fraction of sp³-hybridized carbons (Fsp3) is 0.467. The van der Waals surface area contributed by atoms with Crippen LogP contribution < -0.4 is 10.0 Å². The molecule has 0 bridgehead atoms. The van der Waals surface area contributed by atoms with Crippen molar-refractivity contribution in [3.63, 3.8) is 0 Å². The summed E-state index contributed by atoms with van der Waals surface area (Å²) in [7, 11) is -4.07. The minimum Gasteiger partial charge on any atom is -0.480 e. The number of aliphatic carboxylic acids is 1. The smallest absolute Gasteiger partial charge is 0.326 e. The molecule has 7 nitrogen and oxygen atoms in total. The number of amides is 1. The lowest BCUT2D eigenvalue weighted by Crippen LogP contribution is -2.42. The number of halogens is 1. The lowest BCUT2D eigenvalue weighted by molar-refractivity contribution is -0.142. The molecule has 0 aliphatic rings. The van der Waals surface area contributed by atoms with Gasteiger partial charge in [-0.05, 0) is 24.5 Å². The third-order valence-corrected chi connectivity index (χ3v) is 4.61. The maximum Gasteiger partial charge on any atom is 0.326 e. The number of carboxylic acid groups (broad SMARTS) is 1. The van der Waals surface area contributed by atoms with Crippen LogP contribution in [0.3, 0.4) is 0 Å². The number of sulfonamides is 1. The van der Waals surface area contributed by atoms with Gasteiger partial charge in [-0.2, -0.15) is 0 Å². The van der Waals surface area contributed by atoms with Crippen LogP contribution in [0.2, 0.25) is 0 Å². The van der Waals surface area contributed by atoms with Crippen LogP contribution in [0.15, 0.2) is 29.2 Å². The second-order valence-electron chi connectivity index (χ2n) is 5.67. The fourth-order valence-corrected chi connectivity index (χ4v) is 3.11. The first-order valence-corrected chi connectivity index (χ1v) is 8.88. The highest BCUT2D eigenvalue weighted by atomic mass is 32.2. The van der Waals surface area contributed by atoms with Gasteiger partial charge in [-0.25, -0.2) is 22.3 Å². The second-order valence-corrected chi connectivity index (χ2v) is 7.40. The number of rotatable bonds is 9. The van der Waals surface area contributed by atoms with E-state index in [0.717, 1.165) is 12.1 Å². The number of hydrogen-bond acceptors (Lipinski definition) is 4. The molecule has 0 saturated heterocycles. The highest BCUT2D eigenvalue weighted by Gasteiger charge is 2.22. The molecule has 24 heavy (non-hydrogen) atoms. The van der Waals surface area contributed by atoms with Gasteiger partial charge in [0.25, 0.3) is 0 Å². The van der Waals surface area contributed by atoms with Gasteiger partial charge in [0.2, 0.25) is 15.9 Å². The van der Waals surface area contributed by atoms with Gasteiger partial charge in [-0.1, -0.05) is 26.0 Å². The van der Waals surface area contributed by atoms with Crippen LogP contribution >= 0.6 is 0 Å². The van der Waals surface area contributed by atoms with Crippen LogP contribution in [0.25, 0.3) is 0 Å². The number of benzene rings is 1. The van der Waals surface area contributed by atoms with Crippen LogP contribution in [0.1, 0.15) is 26.7 Å². The Labute approximate surface area is 140 Å². The molecule has 1 aromatic carbocycles. The van der Waals surface area contributed by atoms with E-state index < -0.39 is 38.7 Å². The molecule has 0 radical (unpaired) electrons. The van der Waals surface area contributed by atoms with Crippen molar-refractivity contribution in [3.05, 3.63) is 30.1 Å². The van der Waals surface area contributed by atoms with Crippen molar-refractivity contribution < 1.29 is 27.5 Å². The van der Waals surface area contributed by atoms with E-state index in [1.807, 2.05) is 13.8 Å². The van der Waals surface area contributed by atoms with Gasteiger partial charge in [-0.15, -0.1) is 0 Å². The van der Waals surface area contributed by atoms with E-state index in [0.29, 0.717) is 0 Å². The Morgan fingerprint density at radius 2 is 1.88 bits per heavy atom. The van der Waals surface area contributed by atoms with Crippen molar-refractivity contribution in [1.29, 1.82) is 0 Å². The van der Waals surface area contributed by atoms with Crippen molar-refractivity contribution in [2.24, 2.45) is 5.92 Å². The topological polar surface area (TPSA) is 113 Å². The summed E-state index contributed by atoms with van der Waals surface area (Å²) in [5.41, 5.74) is 0. The largest absolute Gasteiger partial charge is 0.480 e. The molecule has 0 aromatic heterocycles. The summed E-state index contributed by atoms with van der Waals surface area (Å²) in [6.45, 7) is 3.38. The van der Waals surface area contributed by atoms with Gasteiger partial charge >= 0.3 is 5.97 Å². The molecule has 1 rings (SSSR count). The summed E-state index contributed by atoms with van der Waals surface area (Å²) >= 11 is 0. The van der Waals surface area contributed by atoms with Crippen molar-refractivity contribution >= 4 is 21.9 Å². The van der Waals surface area contributed by atoms with Crippen molar-refractivity contribution in [2.45, 2.75) is 37.6 Å². The van der Waals surface area contributed by atoms with E-state index in [1.54, 1.807) is 0 Å². The molecule has 0 fully saturated rings. The maximum atomic E-state index is 13.5. The molecule has 0 saturated carbocycles. The molecular formula is C15H21FN2O5S. The molecule has 0 unspecified atom stereocenters. The van der Waals surface area contributed by atoms with Crippen LogP contribution in [0, 0.1) is 11.7 Å². The number of carbonyl (C=O) groups excluding carboxylic acids is 1. The van der Waals surface area contributed by atoms with Crippen molar-refractivity contribution in [3.8, 4) is 0 Å². The Morgan fingerprint density at radius 1 is 1.25 bits per heavy atom. The number of hydrogen-bond donors (Lipinski definition) is 3. The summed E-state index contributed by atoms with van der Waals surface area (Å²) in [5, 5.41) is 11.4. The summed E-state index contributed by atoms with van der Waals surface area (Å²) < 4.78 is 39.5. The van der Waals surface area contributed by atoms with Crippen molar-refractivity contribution in [2.75, 3.05) is 6.54 Å². The highest BCUT2D eigenvalue weighted by molar-refractivity contribution is 7.89. The van der Waals surface area contributed by atoms with E-state index in [2.05, 4.69) is 10.0 Å². The predicted octanol–water partition coefficient (Wildman–Crippen LogP) is 1.11. The highest BCUT2D eigenvalue weighted by Crippen LogP contribution is 2.12. The summed E-state index contributed by atoms with van der Waals surface area (Å²) in [6.07, 6.45) is 0.0115. The summed E-state index contributed by atoms with van der Waals surface area (Å²) in [5.74, 6) is -2.56. The second kappa shape index (κ2) is 8.74. The van der Waals surface area contributed by atoms with Gasteiger partial charge < -0.3 is 10.4 Å². The van der Waals surface area contributed by atoms with Crippen LogP contribution in [-0.2, 0) is 19.6 Å². The first-order chi connectivity index (χ1) is 11.1. The normalized spacial score (nSPS) is 12.8. The van der Waals surface area contributed by atoms with Gasteiger partial charge in [0.15, 0.2) is 0 Å².